The minimum atomic E-state index is 0.0538. The van der Waals surface area contributed by atoms with E-state index >= 15 is 0 Å². The first kappa shape index (κ1) is 14.0. The number of pyridine rings is 1. The molecule has 1 unspecified atom stereocenters. The first-order chi connectivity index (χ1) is 10.2. The topological polar surface area (TPSA) is 69.2 Å². The van der Waals surface area contributed by atoms with Gasteiger partial charge in [-0.2, -0.15) is 0 Å². The smallest absolute Gasteiger partial charge is 0.227 e. The highest BCUT2D eigenvalue weighted by Crippen LogP contribution is 2.30. The Bertz CT molecular complexity index is 654. The maximum atomic E-state index is 6.03. The molecule has 21 heavy (non-hydrogen) atoms. The highest BCUT2D eigenvalue weighted by molar-refractivity contribution is 5.93. The summed E-state index contributed by atoms with van der Waals surface area (Å²) < 4.78 is 11.4. The second-order valence-electron chi connectivity index (χ2n) is 5.16. The number of fused-ring (bicyclic) bond motifs is 1. The number of hydrogen-bond donors (Lipinski definition) is 1. The van der Waals surface area contributed by atoms with Gasteiger partial charge in [0.25, 0.3) is 0 Å². The van der Waals surface area contributed by atoms with Crippen molar-refractivity contribution in [3.8, 4) is 5.88 Å². The fraction of sp³-hybridized carbons (Fsp3) is 0.533. The van der Waals surface area contributed by atoms with Crippen LogP contribution in [0.2, 0.25) is 0 Å². The Morgan fingerprint density at radius 3 is 2.90 bits per heavy atom. The lowest BCUT2D eigenvalue weighted by molar-refractivity contribution is 0.139. The maximum Gasteiger partial charge on any atom is 0.227 e. The van der Waals surface area contributed by atoms with Gasteiger partial charge in [-0.25, -0.2) is 15.0 Å². The zero-order chi connectivity index (χ0) is 14.8. The van der Waals surface area contributed by atoms with Crippen LogP contribution in [0.1, 0.15) is 24.9 Å². The Kier molecular flexibility index (Phi) is 3.88. The maximum absolute atomic E-state index is 6.03. The Morgan fingerprint density at radius 2 is 2.24 bits per heavy atom. The van der Waals surface area contributed by atoms with Gasteiger partial charge in [0, 0.05) is 25.6 Å². The highest BCUT2D eigenvalue weighted by Gasteiger charge is 2.21. The van der Waals surface area contributed by atoms with Crippen molar-refractivity contribution in [2.75, 3.05) is 25.6 Å². The normalized spacial score (nSPS) is 18.1. The number of anilines is 1. The van der Waals surface area contributed by atoms with Crippen LogP contribution >= 0.6 is 0 Å². The molecule has 112 valence electrons. The first-order valence-electron chi connectivity index (χ1n) is 7.31. The van der Waals surface area contributed by atoms with Crippen molar-refractivity contribution in [2.24, 2.45) is 0 Å². The van der Waals surface area contributed by atoms with E-state index in [2.05, 4.69) is 20.3 Å². The van der Waals surface area contributed by atoms with Crippen molar-refractivity contribution in [1.29, 1.82) is 0 Å². The van der Waals surface area contributed by atoms with Gasteiger partial charge in [-0.05, 0) is 13.0 Å². The fourth-order valence-electron chi connectivity index (χ4n) is 2.48. The van der Waals surface area contributed by atoms with Crippen LogP contribution in [0.15, 0.2) is 6.07 Å². The zero-order valence-electron chi connectivity index (χ0n) is 12.6. The molecule has 2 aromatic heterocycles. The fourth-order valence-corrected chi connectivity index (χ4v) is 2.48. The van der Waals surface area contributed by atoms with Gasteiger partial charge in [0.1, 0.15) is 23.1 Å². The van der Waals surface area contributed by atoms with Crippen LogP contribution < -0.4 is 10.1 Å². The largest absolute Gasteiger partial charge is 0.471 e. The van der Waals surface area contributed by atoms with Crippen LogP contribution in [0.25, 0.3) is 10.9 Å². The molecule has 2 aromatic rings. The minimum absolute atomic E-state index is 0.0538. The molecule has 6 nitrogen and oxygen atoms in total. The van der Waals surface area contributed by atoms with Gasteiger partial charge in [0.05, 0.1) is 18.7 Å². The number of nitrogens with one attached hydrogen (secondary N) is 1. The lowest BCUT2D eigenvalue weighted by atomic mass is 10.2. The van der Waals surface area contributed by atoms with Crippen LogP contribution in [-0.2, 0) is 11.2 Å². The lowest BCUT2D eigenvalue weighted by Gasteiger charge is -2.15. The molecule has 6 heteroatoms. The summed E-state index contributed by atoms with van der Waals surface area (Å²) >= 11 is 0. The third-order valence-corrected chi connectivity index (χ3v) is 3.54. The number of nitrogens with zero attached hydrogens (tertiary/aromatic N) is 3. The van der Waals surface area contributed by atoms with Gasteiger partial charge >= 0.3 is 0 Å². The standard InChI is InChI=1S/C15H20N4O2/c1-4-12-18-11-7-9(2)17-15(13(11)14(16-3)19-12)21-10-5-6-20-8-10/h7,10H,4-6,8H2,1-3H3,(H,16,18,19). The van der Waals surface area contributed by atoms with Crippen LogP contribution in [-0.4, -0.2) is 41.3 Å². The summed E-state index contributed by atoms with van der Waals surface area (Å²) in [6.07, 6.45) is 1.73. The molecule has 1 atom stereocenters. The van der Waals surface area contributed by atoms with Gasteiger partial charge < -0.3 is 14.8 Å². The molecule has 0 spiro atoms. The van der Waals surface area contributed by atoms with Crippen LogP contribution in [0, 0.1) is 6.92 Å². The Balaban J connectivity index is 2.12. The molecule has 3 heterocycles. The summed E-state index contributed by atoms with van der Waals surface area (Å²) in [5.41, 5.74) is 1.76. The molecule has 1 N–H and O–H groups in total. The van der Waals surface area contributed by atoms with E-state index in [0.29, 0.717) is 12.5 Å². The molecule has 0 saturated carbocycles. The quantitative estimate of drug-likeness (QED) is 0.929. The third kappa shape index (κ3) is 2.76. The molecule has 0 aliphatic carbocycles. The molecular formula is C15H20N4O2. The van der Waals surface area contributed by atoms with E-state index in [1.807, 2.05) is 27.0 Å². The van der Waals surface area contributed by atoms with E-state index in [9.17, 15) is 0 Å². The number of aromatic nitrogens is 3. The average Bonchev–Trinajstić information content (AvgIpc) is 2.98. The van der Waals surface area contributed by atoms with Crippen LogP contribution in [0.4, 0.5) is 5.82 Å². The lowest BCUT2D eigenvalue weighted by Crippen LogP contribution is -2.17. The third-order valence-electron chi connectivity index (χ3n) is 3.54. The summed E-state index contributed by atoms with van der Waals surface area (Å²) in [5.74, 6) is 2.17. The van der Waals surface area contributed by atoms with E-state index in [4.69, 9.17) is 9.47 Å². The van der Waals surface area contributed by atoms with Gasteiger partial charge in [-0.1, -0.05) is 6.92 Å². The Hall–Kier alpha value is -1.95. The molecule has 0 amide bonds. The van der Waals surface area contributed by atoms with Gasteiger partial charge in [0.15, 0.2) is 0 Å². The molecule has 0 bridgehead atoms. The second kappa shape index (κ2) is 5.81. The van der Waals surface area contributed by atoms with Gasteiger partial charge in [-0.3, -0.25) is 0 Å². The molecule has 3 rings (SSSR count). The predicted molar refractivity (Wildman–Crippen MR) is 80.8 cm³/mol. The van der Waals surface area contributed by atoms with E-state index < -0.39 is 0 Å². The van der Waals surface area contributed by atoms with Crippen molar-refractivity contribution < 1.29 is 9.47 Å². The zero-order valence-corrected chi connectivity index (χ0v) is 12.6. The van der Waals surface area contributed by atoms with Crippen LogP contribution in [0.3, 0.4) is 0 Å². The molecule has 1 saturated heterocycles. The monoisotopic (exact) mass is 288 g/mol. The number of ether oxygens (including phenoxy) is 2. The van der Waals surface area contributed by atoms with Gasteiger partial charge in [-0.15, -0.1) is 0 Å². The molecule has 0 aromatic carbocycles. The summed E-state index contributed by atoms with van der Waals surface area (Å²) in [7, 11) is 1.85. The average molecular weight is 288 g/mol. The van der Waals surface area contributed by atoms with E-state index in [1.54, 1.807) is 0 Å². The Morgan fingerprint density at radius 1 is 1.38 bits per heavy atom. The number of aryl methyl sites for hydroxylation is 2. The van der Waals surface area contributed by atoms with Crippen molar-refractivity contribution in [3.63, 3.8) is 0 Å². The first-order valence-corrected chi connectivity index (χ1v) is 7.31. The van der Waals surface area contributed by atoms with E-state index in [-0.39, 0.29) is 6.10 Å². The highest BCUT2D eigenvalue weighted by atomic mass is 16.5. The summed E-state index contributed by atoms with van der Waals surface area (Å²) in [6.45, 7) is 5.34. The molecule has 1 aliphatic heterocycles. The number of hydrogen-bond acceptors (Lipinski definition) is 6. The molecule has 1 fully saturated rings. The van der Waals surface area contributed by atoms with Gasteiger partial charge in [0.2, 0.25) is 5.88 Å². The summed E-state index contributed by atoms with van der Waals surface area (Å²) in [4.78, 5) is 13.7. The second-order valence-corrected chi connectivity index (χ2v) is 5.16. The molecule has 1 aliphatic rings. The predicted octanol–water partition coefficient (Wildman–Crippen LogP) is 2.11. The van der Waals surface area contributed by atoms with Crippen molar-refractivity contribution in [3.05, 3.63) is 17.6 Å². The van der Waals surface area contributed by atoms with E-state index in [0.717, 1.165) is 47.7 Å². The molecular weight excluding hydrogens is 268 g/mol. The van der Waals surface area contributed by atoms with E-state index in [1.165, 1.54) is 0 Å². The van der Waals surface area contributed by atoms with Crippen molar-refractivity contribution in [1.82, 2.24) is 15.0 Å². The number of rotatable bonds is 4. The van der Waals surface area contributed by atoms with Crippen molar-refractivity contribution >= 4 is 16.7 Å². The van der Waals surface area contributed by atoms with Crippen LogP contribution in [0.5, 0.6) is 5.88 Å². The van der Waals surface area contributed by atoms with Crippen molar-refractivity contribution in [2.45, 2.75) is 32.8 Å². The summed E-state index contributed by atoms with van der Waals surface area (Å²) in [5, 5.41) is 3.97. The SMILES string of the molecule is CCc1nc(NC)c2c(OC3CCOC3)nc(C)cc2n1. The molecule has 0 radical (unpaired) electrons. The summed E-state index contributed by atoms with van der Waals surface area (Å²) in [6, 6.07) is 1.97. The Labute approximate surface area is 123 Å². The minimum Gasteiger partial charge on any atom is -0.471 e.